The number of aryl methyl sites for hydroxylation is 1. The molecule has 0 spiro atoms. The van der Waals surface area contributed by atoms with Gasteiger partial charge in [0.25, 0.3) is 11.8 Å². The van der Waals surface area contributed by atoms with Crippen LogP contribution in [0.4, 0.5) is 10.1 Å². The molecule has 0 unspecified atom stereocenters. The minimum atomic E-state index is -0.769. The van der Waals surface area contributed by atoms with Gasteiger partial charge in [-0.05, 0) is 12.5 Å². The van der Waals surface area contributed by atoms with Crippen molar-refractivity contribution in [2.75, 3.05) is 5.32 Å². The lowest BCUT2D eigenvalue weighted by Gasteiger charge is -2.00. The summed E-state index contributed by atoms with van der Waals surface area (Å²) >= 11 is 0. The van der Waals surface area contributed by atoms with Crippen LogP contribution < -0.4 is 11.1 Å². The Hall–Kier alpha value is -3.56. The van der Waals surface area contributed by atoms with Crippen LogP contribution in [-0.4, -0.2) is 31.6 Å². The van der Waals surface area contributed by atoms with Gasteiger partial charge in [0, 0.05) is 18.9 Å². The van der Waals surface area contributed by atoms with E-state index in [0.717, 1.165) is 18.9 Å². The predicted molar refractivity (Wildman–Crippen MR) is 88.7 cm³/mol. The highest BCUT2D eigenvalue weighted by Gasteiger charge is 2.20. The minimum absolute atomic E-state index is 0.0595. The summed E-state index contributed by atoms with van der Waals surface area (Å²) in [5.74, 6) is -2.10. The highest BCUT2D eigenvalue weighted by molar-refractivity contribution is 6.07. The van der Waals surface area contributed by atoms with Crippen LogP contribution in [0, 0.1) is 5.82 Å². The van der Waals surface area contributed by atoms with Gasteiger partial charge in [-0.1, -0.05) is 6.92 Å². The van der Waals surface area contributed by atoms with Crippen LogP contribution in [0.25, 0.3) is 11.5 Å². The molecule has 0 bridgehead atoms. The van der Waals surface area contributed by atoms with Gasteiger partial charge < -0.3 is 15.5 Å². The van der Waals surface area contributed by atoms with Crippen molar-refractivity contribution in [3.63, 3.8) is 0 Å². The molecule has 26 heavy (non-hydrogen) atoms. The monoisotopic (exact) mass is 358 g/mol. The average Bonchev–Trinajstić information content (AvgIpc) is 3.23. The van der Waals surface area contributed by atoms with Crippen LogP contribution in [0.15, 0.2) is 35.3 Å². The minimum Gasteiger partial charge on any atom is -0.444 e. The van der Waals surface area contributed by atoms with E-state index in [1.54, 1.807) is 0 Å². The third kappa shape index (κ3) is 3.43. The topological polar surface area (TPSA) is 129 Å². The molecule has 0 aliphatic rings. The lowest BCUT2D eigenvalue weighted by Crippen LogP contribution is -2.18. The molecule has 0 radical (unpaired) electrons. The molecule has 0 aliphatic heterocycles. The van der Waals surface area contributed by atoms with Gasteiger partial charge in [0.05, 0.1) is 17.4 Å². The van der Waals surface area contributed by atoms with Crippen LogP contribution in [-0.2, 0) is 6.54 Å². The molecule has 3 heterocycles. The van der Waals surface area contributed by atoms with Crippen molar-refractivity contribution in [3.05, 3.63) is 48.1 Å². The zero-order valence-electron chi connectivity index (χ0n) is 13.8. The Morgan fingerprint density at radius 3 is 2.92 bits per heavy atom. The number of rotatable bonds is 6. The van der Waals surface area contributed by atoms with Crippen molar-refractivity contribution >= 4 is 17.5 Å². The smallest absolute Gasteiger partial charge is 0.277 e. The summed E-state index contributed by atoms with van der Waals surface area (Å²) in [7, 11) is 0. The van der Waals surface area contributed by atoms with Crippen molar-refractivity contribution in [3.8, 4) is 11.5 Å². The second-order valence-corrected chi connectivity index (χ2v) is 5.37. The summed E-state index contributed by atoms with van der Waals surface area (Å²) in [6.45, 7) is 2.50. The number of amides is 2. The number of primary amides is 1. The Kier molecular flexibility index (Phi) is 4.74. The number of hydrogen-bond acceptors (Lipinski definition) is 6. The Bertz CT molecular complexity index is 965. The average molecular weight is 358 g/mol. The highest BCUT2D eigenvalue weighted by atomic mass is 19.1. The number of oxazole rings is 1. The first kappa shape index (κ1) is 17.3. The molecule has 3 rings (SSSR count). The third-order valence-corrected chi connectivity index (χ3v) is 3.44. The van der Waals surface area contributed by atoms with Crippen molar-refractivity contribution in [2.45, 2.75) is 19.9 Å². The van der Waals surface area contributed by atoms with E-state index in [2.05, 4.69) is 20.4 Å². The lowest BCUT2D eigenvalue weighted by molar-refractivity contribution is 0.0995. The van der Waals surface area contributed by atoms with E-state index in [0.29, 0.717) is 6.54 Å². The Balaban J connectivity index is 1.83. The SMILES string of the molecule is CCCn1cc(NC(=O)c2coc(-c3ccncc3F)n2)c(C(N)=O)n1. The van der Waals surface area contributed by atoms with E-state index < -0.39 is 17.6 Å². The Morgan fingerprint density at radius 1 is 1.42 bits per heavy atom. The maximum absolute atomic E-state index is 13.7. The standard InChI is InChI=1S/C16H15FN6O3/c1-2-5-23-7-11(13(22-23)14(18)24)20-15(25)12-8-26-16(21-12)9-3-4-19-6-10(9)17/h3-4,6-8H,2,5H2,1H3,(H2,18,24)(H,20,25). The van der Waals surface area contributed by atoms with Crippen molar-refractivity contribution in [1.29, 1.82) is 0 Å². The van der Waals surface area contributed by atoms with Gasteiger partial charge >= 0.3 is 0 Å². The number of carbonyl (C=O) groups is 2. The number of nitrogens with two attached hydrogens (primary N) is 1. The fourth-order valence-electron chi connectivity index (χ4n) is 2.28. The summed E-state index contributed by atoms with van der Waals surface area (Å²) in [5.41, 5.74) is 5.38. The summed E-state index contributed by atoms with van der Waals surface area (Å²) in [6, 6.07) is 1.38. The number of pyridine rings is 1. The van der Waals surface area contributed by atoms with E-state index >= 15 is 0 Å². The van der Waals surface area contributed by atoms with Gasteiger partial charge in [0.1, 0.15) is 6.26 Å². The molecule has 0 saturated carbocycles. The molecule has 0 saturated heterocycles. The van der Waals surface area contributed by atoms with Crippen molar-refractivity contribution in [2.24, 2.45) is 5.73 Å². The maximum Gasteiger partial charge on any atom is 0.277 e. The molecule has 134 valence electrons. The Labute approximate surface area is 147 Å². The molecular weight excluding hydrogens is 343 g/mol. The number of anilines is 1. The predicted octanol–water partition coefficient (Wildman–Crippen LogP) is 1.83. The summed E-state index contributed by atoms with van der Waals surface area (Å²) in [4.78, 5) is 31.5. The molecule has 3 N–H and O–H groups in total. The van der Waals surface area contributed by atoms with Crippen LogP contribution in [0.2, 0.25) is 0 Å². The quantitative estimate of drug-likeness (QED) is 0.691. The molecule has 3 aromatic rings. The molecule has 0 fully saturated rings. The first-order valence-electron chi connectivity index (χ1n) is 7.73. The molecule has 0 aliphatic carbocycles. The maximum atomic E-state index is 13.7. The highest BCUT2D eigenvalue weighted by Crippen LogP contribution is 2.22. The fraction of sp³-hybridized carbons (Fsp3) is 0.188. The third-order valence-electron chi connectivity index (χ3n) is 3.44. The molecule has 2 amide bonds. The molecule has 0 atom stereocenters. The second-order valence-electron chi connectivity index (χ2n) is 5.37. The number of halogens is 1. The van der Waals surface area contributed by atoms with Gasteiger partial charge in [-0.15, -0.1) is 0 Å². The summed E-state index contributed by atoms with van der Waals surface area (Å²) in [6.07, 6.45) is 5.78. The van der Waals surface area contributed by atoms with Crippen LogP contribution >= 0.6 is 0 Å². The van der Waals surface area contributed by atoms with E-state index in [4.69, 9.17) is 10.2 Å². The van der Waals surface area contributed by atoms with Gasteiger partial charge in [-0.2, -0.15) is 5.10 Å². The number of hydrogen-bond donors (Lipinski definition) is 2. The molecule has 10 heteroatoms. The van der Waals surface area contributed by atoms with E-state index in [1.807, 2.05) is 6.92 Å². The van der Waals surface area contributed by atoms with Gasteiger partial charge in [0.2, 0.25) is 5.89 Å². The van der Waals surface area contributed by atoms with Crippen molar-refractivity contribution < 1.29 is 18.4 Å². The van der Waals surface area contributed by atoms with Crippen LogP contribution in [0.3, 0.4) is 0 Å². The molecule has 3 aromatic heterocycles. The van der Waals surface area contributed by atoms with Crippen molar-refractivity contribution in [1.82, 2.24) is 19.7 Å². The van der Waals surface area contributed by atoms with Gasteiger partial charge in [-0.3, -0.25) is 19.3 Å². The Morgan fingerprint density at radius 2 is 2.23 bits per heavy atom. The van der Waals surface area contributed by atoms with E-state index in [9.17, 15) is 14.0 Å². The van der Waals surface area contributed by atoms with Crippen LogP contribution in [0.1, 0.15) is 34.3 Å². The van der Waals surface area contributed by atoms with Crippen LogP contribution in [0.5, 0.6) is 0 Å². The number of carbonyl (C=O) groups excluding carboxylic acids is 2. The number of nitrogens with zero attached hydrogens (tertiary/aromatic N) is 4. The number of aromatic nitrogens is 4. The number of nitrogens with one attached hydrogen (secondary N) is 1. The fourth-order valence-corrected chi connectivity index (χ4v) is 2.28. The normalized spacial score (nSPS) is 10.7. The zero-order valence-corrected chi connectivity index (χ0v) is 13.8. The van der Waals surface area contributed by atoms with E-state index in [-0.39, 0.29) is 28.5 Å². The van der Waals surface area contributed by atoms with E-state index in [1.165, 1.54) is 23.1 Å². The molecular formula is C16H15FN6O3. The summed E-state index contributed by atoms with van der Waals surface area (Å²) < 4.78 is 20.4. The zero-order chi connectivity index (χ0) is 18.7. The molecule has 0 aromatic carbocycles. The van der Waals surface area contributed by atoms with Gasteiger partial charge in [0.15, 0.2) is 17.2 Å². The lowest BCUT2D eigenvalue weighted by atomic mass is 10.2. The largest absolute Gasteiger partial charge is 0.444 e. The van der Waals surface area contributed by atoms with Gasteiger partial charge in [-0.25, -0.2) is 9.37 Å². The first-order chi connectivity index (χ1) is 12.5. The summed E-state index contributed by atoms with van der Waals surface area (Å²) in [5, 5.41) is 6.55. The molecule has 9 nitrogen and oxygen atoms in total. The second kappa shape index (κ2) is 7.13. The first-order valence-corrected chi connectivity index (χ1v) is 7.73.